The molecule has 0 fully saturated rings. The summed E-state index contributed by atoms with van der Waals surface area (Å²) in [5.41, 5.74) is 5.03. The number of carbonyl (C=O) groups is 1. The fourth-order valence-electron chi connectivity index (χ4n) is 1.31. The quantitative estimate of drug-likeness (QED) is 0.688. The van der Waals surface area contributed by atoms with E-state index in [1.54, 1.807) is 13.2 Å². The van der Waals surface area contributed by atoms with Crippen LogP contribution in [0.5, 0.6) is 0 Å². The molecule has 1 atom stereocenters. The van der Waals surface area contributed by atoms with Crippen molar-refractivity contribution in [2.24, 2.45) is 5.73 Å². The van der Waals surface area contributed by atoms with Crippen LogP contribution in [0.1, 0.15) is 32.4 Å². The van der Waals surface area contributed by atoms with Crippen LogP contribution in [0.2, 0.25) is 0 Å². The Hall–Kier alpha value is -1.33. The zero-order chi connectivity index (χ0) is 13.4. The predicted octanol–water partition coefficient (Wildman–Crippen LogP) is 1.43. The Kier molecular flexibility index (Phi) is 5.88. The minimum atomic E-state index is -0.783. The van der Waals surface area contributed by atoms with Crippen molar-refractivity contribution in [3.8, 4) is 0 Å². The van der Waals surface area contributed by atoms with Crippen molar-refractivity contribution in [3.63, 3.8) is 0 Å². The van der Waals surface area contributed by atoms with Gasteiger partial charge in [0, 0.05) is 13.2 Å². The van der Waals surface area contributed by atoms with E-state index >= 15 is 0 Å². The Morgan fingerprint density at radius 2 is 2.39 bits per heavy atom. The lowest BCUT2D eigenvalue weighted by atomic mass is 10.00. The summed E-state index contributed by atoms with van der Waals surface area (Å²) in [5, 5.41) is 2.80. The van der Waals surface area contributed by atoms with E-state index < -0.39 is 5.54 Å². The molecule has 1 unspecified atom stereocenters. The van der Waals surface area contributed by atoms with Gasteiger partial charge in [-0.15, -0.1) is 0 Å². The van der Waals surface area contributed by atoms with Crippen LogP contribution in [0.3, 0.4) is 0 Å². The maximum Gasteiger partial charge on any atom is 0.239 e. The van der Waals surface area contributed by atoms with Gasteiger partial charge in [-0.3, -0.25) is 4.79 Å². The van der Waals surface area contributed by atoms with Gasteiger partial charge in [0.1, 0.15) is 12.4 Å². The van der Waals surface area contributed by atoms with E-state index in [9.17, 15) is 4.79 Å². The first-order chi connectivity index (χ1) is 8.56. The van der Waals surface area contributed by atoms with Crippen LogP contribution >= 0.6 is 0 Å². The summed E-state index contributed by atoms with van der Waals surface area (Å²) in [6.45, 7) is 5.24. The molecule has 1 aromatic heterocycles. The van der Waals surface area contributed by atoms with Gasteiger partial charge < -0.3 is 20.2 Å². The smallest absolute Gasteiger partial charge is 0.239 e. The monoisotopic (exact) mass is 254 g/mol. The highest BCUT2D eigenvalue weighted by molar-refractivity contribution is 5.85. The standard InChI is InChI=1S/C13H22N2O3/c1-3-13(2,14)12(16)15-7-5-8-17-10-11-6-4-9-18-11/h4,6,9H,3,5,7-8,10,14H2,1-2H3,(H,15,16). The highest BCUT2D eigenvalue weighted by Gasteiger charge is 2.24. The van der Waals surface area contributed by atoms with Crippen LogP contribution in [0.4, 0.5) is 0 Å². The molecule has 3 N–H and O–H groups in total. The van der Waals surface area contributed by atoms with Crippen molar-refractivity contribution in [1.82, 2.24) is 5.32 Å². The molecule has 5 nitrogen and oxygen atoms in total. The zero-order valence-electron chi connectivity index (χ0n) is 11.1. The van der Waals surface area contributed by atoms with Crippen LogP contribution in [0, 0.1) is 0 Å². The van der Waals surface area contributed by atoms with E-state index in [2.05, 4.69) is 5.32 Å². The number of rotatable bonds is 8. The summed E-state index contributed by atoms with van der Waals surface area (Å²) in [4.78, 5) is 11.6. The maximum absolute atomic E-state index is 11.6. The third kappa shape index (κ3) is 4.89. The molecule has 0 aromatic carbocycles. The number of nitrogens with two attached hydrogens (primary N) is 1. The second-order valence-corrected chi connectivity index (χ2v) is 4.51. The van der Waals surface area contributed by atoms with Crippen molar-refractivity contribution in [2.75, 3.05) is 13.2 Å². The van der Waals surface area contributed by atoms with Gasteiger partial charge in [-0.25, -0.2) is 0 Å². The molecule has 5 heteroatoms. The van der Waals surface area contributed by atoms with E-state index in [0.717, 1.165) is 12.2 Å². The minimum absolute atomic E-state index is 0.115. The molecule has 0 radical (unpaired) electrons. The molecule has 1 aromatic rings. The SMILES string of the molecule is CCC(C)(N)C(=O)NCCCOCc1ccco1. The molecule has 0 spiro atoms. The van der Waals surface area contributed by atoms with Crippen molar-refractivity contribution in [2.45, 2.75) is 38.8 Å². The van der Waals surface area contributed by atoms with Gasteiger partial charge in [-0.05, 0) is 31.9 Å². The lowest BCUT2D eigenvalue weighted by Gasteiger charge is -2.21. The molecule has 102 valence electrons. The molecule has 0 bridgehead atoms. The van der Waals surface area contributed by atoms with Crippen molar-refractivity contribution in [3.05, 3.63) is 24.2 Å². The first kappa shape index (κ1) is 14.7. The molecule has 0 saturated carbocycles. The average molecular weight is 254 g/mol. The van der Waals surface area contributed by atoms with Crippen LogP contribution in [-0.2, 0) is 16.1 Å². The van der Waals surface area contributed by atoms with Gasteiger partial charge in [0.25, 0.3) is 0 Å². The molecule has 1 rings (SSSR count). The van der Waals surface area contributed by atoms with Gasteiger partial charge in [0.05, 0.1) is 11.8 Å². The number of ether oxygens (including phenoxy) is 1. The second kappa shape index (κ2) is 7.18. The first-order valence-electron chi connectivity index (χ1n) is 6.23. The van der Waals surface area contributed by atoms with E-state index in [1.165, 1.54) is 0 Å². The minimum Gasteiger partial charge on any atom is -0.467 e. The average Bonchev–Trinajstić information content (AvgIpc) is 2.86. The van der Waals surface area contributed by atoms with Crippen molar-refractivity contribution >= 4 is 5.91 Å². The van der Waals surface area contributed by atoms with E-state index in [4.69, 9.17) is 14.9 Å². The summed E-state index contributed by atoms with van der Waals surface area (Å²) < 4.78 is 10.5. The van der Waals surface area contributed by atoms with Crippen LogP contribution in [0.15, 0.2) is 22.8 Å². The van der Waals surface area contributed by atoms with Crippen LogP contribution in [0.25, 0.3) is 0 Å². The maximum atomic E-state index is 11.6. The highest BCUT2D eigenvalue weighted by Crippen LogP contribution is 2.04. The van der Waals surface area contributed by atoms with Gasteiger partial charge in [0.2, 0.25) is 5.91 Å². The Balaban J connectivity index is 2.03. The first-order valence-corrected chi connectivity index (χ1v) is 6.23. The van der Waals surface area contributed by atoms with Crippen molar-refractivity contribution in [1.29, 1.82) is 0 Å². The molecule has 0 aliphatic rings. The summed E-state index contributed by atoms with van der Waals surface area (Å²) in [6, 6.07) is 3.69. The molecule has 0 aliphatic heterocycles. The third-order valence-electron chi connectivity index (χ3n) is 2.83. The van der Waals surface area contributed by atoms with E-state index in [0.29, 0.717) is 26.2 Å². The molecular formula is C13H22N2O3. The second-order valence-electron chi connectivity index (χ2n) is 4.51. The summed E-state index contributed by atoms with van der Waals surface area (Å²) in [5.74, 6) is 0.690. The molecule has 0 aliphatic carbocycles. The Morgan fingerprint density at radius 1 is 1.61 bits per heavy atom. The van der Waals surface area contributed by atoms with E-state index in [-0.39, 0.29) is 5.91 Å². The number of furan rings is 1. The Morgan fingerprint density at radius 3 is 3.00 bits per heavy atom. The lowest BCUT2D eigenvalue weighted by molar-refractivity contribution is -0.125. The molecule has 1 heterocycles. The van der Waals surface area contributed by atoms with Crippen LogP contribution in [-0.4, -0.2) is 24.6 Å². The predicted molar refractivity (Wildman–Crippen MR) is 68.9 cm³/mol. The number of nitrogens with one attached hydrogen (secondary N) is 1. The van der Waals surface area contributed by atoms with E-state index in [1.807, 2.05) is 19.1 Å². The molecule has 0 saturated heterocycles. The lowest BCUT2D eigenvalue weighted by Crippen LogP contribution is -2.51. The molecular weight excluding hydrogens is 232 g/mol. The zero-order valence-corrected chi connectivity index (χ0v) is 11.1. The third-order valence-corrected chi connectivity index (χ3v) is 2.83. The summed E-state index contributed by atoms with van der Waals surface area (Å²) >= 11 is 0. The number of carbonyl (C=O) groups excluding carboxylic acids is 1. The normalized spacial score (nSPS) is 14.2. The fraction of sp³-hybridized carbons (Fsp3) is 0.615. The Bertz CT molecular complexity index is 347. The number of hydrogen-bond acceptors (Lipinski definition) is 4. The van der Waals surface area contributed by atoms with Crippen LogP contribution < -0.4 is 11.1 Å². The van der Waals surface area contributed by atoms with Gasteiger partial charge in [-0.1, -0.05) is 6.92 Å². The topological polar surface area (TPSA) is 77.5 Å². The van der Waals surface area contributed by atoms with Gasteiger partial charge in [0.15, 0.2) is 0 Å². The molecule has 18 heavy (non-hydrogen) atoms. The van der Waals surface area contributed by atoms with Gasteiger partial charge >= 0.3 is 0 Å². The number of hydrogen-bond donors (Lipinski definition) is 2. The van der Waals surface area contributed by atoms with Crippen molar-refractivity contribution < 1.29 is 13.9 Å². The highest BCUT2D eigenvalue weighted by atomic mass is 16.5. The fourth-order valence-corrected chi connectivity index (χ4v) is 1.31. The summed E-state index contributed by atoms with van der Waals surface area (Å²) in [6.07, 6.45) is 2.99. The Labute approximate surface area is 108 Å². The van der Waals surface area contributed by atoms with Gasteiger partial charge in [-0.2, -0.15) is 0 Å². The summed E-state index contributed by atoms with van der Waals surface area (Å²) in [7, 11) is 0. The number of amides is 1. The largest absolute Gasteiger partial charge is 0.467 e. The molecule has 1 amide bonds.